The maximum atomic E-state index is 12.7. The van der Waals surface area contributed by atoms with Gasteiger partial charge < -0.3 is 9.88 Å². The number of benzene rings is 2. The average Bonchev–Trinajstić information content (AvgIpc) is 2.64. The minimum absolute atomic E-state index is 0.0588. The standard InChI is InChI=1S/C20H21N3O3/c1-3-22(4-2)18(24)13-14-9-11-15(12-10-14)23-19(25)16-7-5-6-8-17(16)21-20(23)26/h5-12H,3-4,13H2,1-2H3,(H,21,26). The number of hydrogen-bond acceptors (Lipinski definition) is 3. The number of aromatic nitrogens is 2. The molecule has 1 heterocycles. The Labute approximate surface area is 150 Å². The minimum atomic E-state index is -0.485. The third-order valence-electron chi connectivity index (χ3n) is 4.47. The van der Waals surface area contributed by atoms with Crippen molar-refractivity contribution in [3.63, 3.8) is 0 Å². The second-order valence-corrected chi connectivity index (χ2v) is 6.03. The number of amides is 1. The summed E-state index contributed by atoms with van der Waals surface area (Å²) in [4.78, 5) is 41.7. The van der Waals surface area contributed by atoms with Gasteiger partial charge in [-0.25, -0.2) is 9.36 Å². The molecule has 0 radical (unpaired) electrons. The number of H-pyrrole nitrogens is 1. The lowest BCUT2D eigenvalue weighted by Crippen LogP contribution is -2.33. The molecular weight excluding hydrogens is 330 g/mol. The van der Waals surface area contributed by atoms with Crippen LogP contribution in [-0.4, -0.2) is 33.4 Å². The van der Waals surface area contributed by atoms with Gasteiger partial charge in [0.25, 0.3) is 5.56 Å². The van der Waals surface area contributed by atoms with Gasteiger partial charge in [0, 0.05) is 13.1 Å². The summed E-state index contributed by atoms with van der Waals surface area (Å²) in [7, 11) is 0. The van der Waals surface area contributed by atoms with Crippen molar-refractivity contribution in [2.75, 3.05) is 13.1 Å². The molecule has 134 valence electrons. The number of carbonyl (C=O) groups excluding carboxylic acids is 1. The molecule has 3 aromatic rings. The van der Waals surface area contributed by atoms with Gasteiger partial charge in [0.1, 0.15) is 0 Å². The van der Waals surface area contributed by atoms with Crippen LogP contribution in [-0.2, 0) is 11.2 Å². The highest BCUT2D eigenvalue weighted by Crippen LogP contribution is 2.10. The van der Waals surface area contributed by atoms with Gasteiger partial charge in [0.2, 0.25) is 5.91 Å². The number of rotatable bonds is 5. The van der Waals surface area contributed by atoms with Crippen molar-refractivity contribution in [3.05, 3.63) is 74.9 Å². The van der Waals surface area contributed by atoms with Crippen LogP contribution < -0.4 is 11.2 Å². The van der Waals surface area contributed by atoms with E-state index in [-0.39, 0.29) is 11.5 Å². The first-order chi connectivity index (χ1) is 12.5. The summed E-state index contributed by atoms with van der Waals surface area (Å²) in [5.41, 5.74) is 0.981. The van der Waals surface area contributed by atoms with E-state index in [2.05, 4.69) is 4.98 Å². The highest BCUT2D eigenvalue weighted by molar-refractivity contribution is 5.79. The molecule has 2 aromatic carbocycles. The van der Waals surface area contributed by atoms with E-state index in [4.69, 9.17) is 0 Å². The third kappa shape index (κ3) is 3.31. The predicted molar refractivity (Wildman–Crippen MR) is 102 cm³/mol. The topological polar surface area (TPSA) is 75.2 Å². The van der Waals surface area contributed by atoms with Crippen LogP contribution in [0.5, 0.6) is 0 Å². The van der Waals surface area contributed by atoms with Crippen molar-refractivity contribution in [2.45, 2.75) is 20.3 Å². The lowest BCUT2D eigenvalue weighted by molar-refractivity contribution is -0.130. The summed E-state index contributed by atoms with van der Waals surface area (Å²) < 4.78 is 1.11. The first kappa shape index (κ1) is 17.7. The van der Waals surface area contributed by atoms with Crippen LogP contribution in [0.1, 0.15) is 19.4 Å². The van der Waals surface area contributed by atoms with Crippen molar-refractivity contribution < 1.29 is 4.79 Å². The Kier molecular flexibility index (Phi) is 5.02. The fourth-order valence-corrected chi connectivity index (χ4v) is 3.02. The Bertz CT molecular complexity index is 1040. The van der Waals surface area contributed by atoms with Crippen molar-refractivity contribution in [2.24, 2.45) is 0 Å². The van der Waals surface area contributed by atoms with Gasteiger partial charge in [0.15, 0.2) is 0 Å². The summed E-state index contributed by atoms with van der Waals surface area (Å²) in [6, 6.07) is 13.8. The van der Waals surface area contributed by atoms with Gasteiger partial charge in [0.05, 0.1) is 23.0 Å². The second kappa shape index (κ2) is 7.39. The Morgan fingerprint density at radius 2 is 1.65 bits per heavy atom. The van der Waals surface area contributed by atoms with Gasteiger partial charge >= 0.3 is 5.69 Å². The Hall–Kier alpha value is -3.15. The van der Waals surface area contributed by atoms with Crippen molar-refractivity contribution in [1.82, 2.24) is 14.5 Å². The summed E-state index contributed by atoms with van der Waals surface area (Å²) in [5, 5.41) is 0.452. The summed E-state index contributed by atoms with van der Waals surface area (Å²) in [6.45, 7) is 5.25. The largest absolute Gasteiger partial charge is 0.343 e. The predicted octanol–water partition coefficient (Wildman–Crippen LogP) is 2.09. The molecule has 0 bridgehead atoms. The molecule has 26 heavy (non-hydrogen) atoms. The van der Waals surface area contributed by atoms with Gasteiger partial charge in [-0.1, -0.05) is 24.3 Å². The van der Waals surface area contributed by atoms with Crippen LogP contribution in [0.15, 0.2) is 58.1 Å². The summed E-state index contributed by atoms with van der Waals surface area (Å²) >= 11 is 0. The number of nitrogens with zero attached hydrogens (tertiary/aromatic N) is 2. The van der Waals surface area contributed by atoms with Gasteiger partial charge in [-0.15, -0.1) is 0 Å². The van der Waals surface area contributed by atoms with E-state index in [0.717, 1.165) is 10.1 Å². The van der Waals surface area contributed by atoms with Gasteiger partial charge in [-0.05, 0) is 43.7 Å². The quantitative estimate of drug-likeness (QED) is 0.765. The van der Waals surface area contributed by atoms with Crippen molar-refractivity contribution in [1.29, 1.82) is 0 Å². The fourth-order valence-electron chi connectivity index (χ4n) is 3.02. The summed E-state index contributed by atoms with van der Waals surface area (Å²) in [5.74, 6) is 0.0588. The smallest absolute Gasteiger partial charge is 0.333 e. The Balaban J connectivity index is 1.95. The van der Waals surface area contributed by atoms with Crippen molar-refractivity contribution in [3.8, 4) is 5.69 Å². The van der Waals surface area contributed by atoms with E-state index in [1.807, 2.05) is 13.8 Å². The number of nitrogens with one attached hydrogen (secondary N) is 1. The average molecular weight is 351 g/mol. The monoisotopic (exact) mass is 351 g/mol. The van der Waals surface area contributed by atoms with E-state index < -0.39 is 5.69 Å². The number of likely N-dealkylation sites (N-methyl/N-ethyl adjacent to an activating group) is 1. The Morgan fingerprint density at radius 1 is 1.00 bits per heavy atom. The normalized spacial score (nSPS) is 10.8. The third-order valence-corrected chi connectivity index (χ3v) is 4.47. The number of carbonyl (C=O) groups is 1. The number of hydrogen-bond donors (Lipinski definition) is 1. The van der Waals surface area contributed by atoms with Gasteiger partial charge in [-0.3, -0.25) is 9.59 Å². The molecule has 6 nitrogen and oxygen atoms in total. The molecule has 0 saturated carbocycles. The molecule has 0 saturated heterocycles. The SMILES string of the molecule is CCN(CC)C(=O)Cc1ccc(-n2c(=O)[nH]c3ccccc3c2=O)cc1. The Morgan fingerprint density at radius 3 is 2.31 bits per heavy atom. The highest BCUT2D eigenvalue weighted by Gasteiger charge is 2.12. The lowest BCUT2D eigenvalue weighted by atomic mass is 10.1. The fraction of sp³-hybridized carbons (Fsp3) is 0.250. The van der Waals surface area contributed by atoms with Crippen LogP contribution >= 0.6 is 0 Å². The number of para-hydroxylation sites is 1. The molecule has 0 aliphatic heterocycles. The lowest BCUT2D eigenvalue weighted by Gasteiger charge is -2.18. The molecular formula is C20H21N3O3. The maximum Gasteiger partial charge on any atom is 0.333 e. The highest BCUT2D eigenvalue weighted by atomic mass is 16.2. The van der Waals surface area contributed by atoms with Crippen LogP contribution in [0.25, 0.3) is 16.6 Å². The van der Waals surface area contributed by atoms with Crippen LogP contribution in [0.3, 0.4) is 0 Å². The van der Waals surface area contributed by atoms with Crippen molar-refractivity contribution >= 4 is 16.8 Å². The molecule has 6 heteroatoms. The first-order valence-corrected chi connectivity index (χ1v) is 8.66. The molecule has 0 aliphatic carbocycles. The van der Waals surface area contributed by atoms with Crippen LogP contribution in [0.4, 0.5) is 0 Å². The molecule has 1 amide bonds. The molecule has 0 atom stereocenters. The van der Waals surface area contributed by atoms with E-state index in [0.29, 0.717) is 36.1 Å². The van der Waals surface area contributed by atoms with Crippen LogP contribution in [0.2, 0.25) is 0 Å². The zero-order valence-electron chi connectivity index (χ0n) is 14.9. The first-order valence-electron chi connectivity index (χ1n) is 8.66. The molecule has 3 rings (SSSR count). The van der Waals surface area contributed by atoms with Gasteiger partial charge in [-0.2, -0.15) is 0 Å². The number of fused-ring (bicyclic) bond motifs is 1. The number of aromatic amines is 1. The molecule has 0 spiro atoms. The molecule has 0 fully saturated rings. The van der Waals surface area contributed by atoms with E-state index in [1.165, 1.54) is 0 Å². The van der Waals surface area contributed by atoms with E-state index in [9.17, 15) is 14.4 Å². The van der Waals surface area contributed by atoms with E-state index in [1.54, 1.807) is 53.4 Å². The molecule has 0 unspecified atom stereocenters. The zero-order chi connectivity index (χ0) is 18.7. The van der Waals surface area contributed by atoms with Crippen LogP contribution in [0, 0.1) is 0 Å². The molecule has 1 N–H and O–H groups in total. The molecule has 0 aliphatic rings. The minimum Gasteiger partial charge on any atom is -0.343 e. The summed E-state index contributed by atoms with van der Waals surface area (Å²) in [6.07, 6.45) is 0.297. The maximum absolute atomic E-state index is 12.7. The van der Waals surface area contributed by atoms with E-state index >= 15 is 0 Å². The zero-order valence-corrected chi connectivity index (χ0v) is 14.9. The molecule has 1 aromatic heterocycles. The second-order valence-electron chi connectivity index (χ2n) is 6.03.